The zero-order valence-corrected chi connectivity index (χ0v) is 5.57. The molecule has 0 aromatic rings. The Morgan fingerprint density at radius 2 is 2.25 bits per heavy atom. The molecule has 0 amide bonds. The quantitative estimate of drug-likeness (QED) is 0.484. The van der Waals surface area contributed by atoms with E-state index in [9.17, 15) is 0 Å². The molecule has 44 valence electrons. The van der Waals surface area contributed by atoms with Gasteiger partial charge in [0.25, 0.3) is 0 Å². The van der Waals surface area contributed by atoms with Gasteiger partial charge in [0.1, 0.15) is 0 Å². The van der Waals surface area contributed by atoms with Crippen LogP contribution in [0.15, 0.2) is 23.3 Å². The lowest BCUT2D eigenvalue weighted by Gasteiger charge is -1.93. The predicted octanol–water partition coefficient (Wildman–Crippen LogP) is 2.67. The van der Waals surface area contributed by atoms with Gasteiger partial charge in [-0.25, -0.2) is 0 Å². The minimum atomic E-state index is 1.22. The van der Waals surface area contributed by atoms with Crippen molar-refractivity contribution in [3.63, 3.8) is 0 Å². The fourth-order valence-corrected chi connectivity index (χ4v) is 0.979. The van der Waals surface area contributed by atoms with Crippen molar-refractivity contribution in [2.45, 2.75) is 26.7 Å². The first-order valence-electron chi connectivity index (χ1n) is 3.18. The van der Waals surface area contributed by atoms with Crippen LogP contribution in [-0.2, 0) is 0 Å². The molecule has 0 heteroatoms. The summed E-state index contributed by atoms with van der Waals surface area (Å²) in [6.45, 7) is 4.39. The second-order valence-corrected chi connectivity index (χ2v) is 2.37. The van der Waals surface area contributed by atoms with Crippen LogP contribution in [0.25, 0.3) is 0 Å². The molecule has 0 saturated carbocycles. The van der Waals surface area contributed by atoms with Crippen LogP contribution in [0.5, 0.6) is 0 Å². The van der Waals surface area contributed by atoms with Gasteiger partial charge >= 0.3 is 0 Å². The summed E-state index contributed by atoms with van der Waals surface area (Å²) >= 11 is 0. The van der Waals surface area contributed by atoms with E-state index < -0.39 is 0 Å². The maximum Gasteiger partial charge on any atom is -0.0105 e. The van der Waals surface area contributed by atoms with E-state index in [2.05, 4.69) is 26.0 Å². The Balaban J connectivity index is 2.49. The second kappa shape index (κ2) is 2.17. The van der Waals surface area contributed by atoms with Crippen molar-refractivity contribution in [1.29, 1.82) is 0 Å². The molecule has 0 radical (unpaired) electrons. The summed E-state index contributed by atoms with van der Waals surface area (Å²) < 4.78 is 0. The summed E-state index contributed by atoms with van der Waals surface area (Å²) in [5.41, 5.74) is 3.07. The predicted molar refractivity (Wildman–Crippen MR) is 36.7 cm³/mol. The van der Waals surface area contributed by atoms with Gasteiger partial charge in [0, 0.05) is 0 Å². The lowest BCUT2D eigenvalue weighted by Crippen LogP contribution is -1.73. The van der Waals surface area contributed by atoms with Crippen LogP contribution in [0.1, 0.15) is 26.7 Å². The molecule has 8 heavy (non-hydrogen) atoms. The molecule has 0 aliphatic heterocycles. The van der Waals surface area contributed by atoms with Crippen molar-refractivity contribution < 1.29 is 0 Å². The fraction of sp³-hybridized carbons (Fsp3) is 0.500. The first kappa shape index (κ1) is 5.61. The molecule has 1 aliphatic carbocycles. The number of allylic oxidation sites excluding steroid dienone is 4. The van der Waals surface area contributed by atoms with E-state index in [1.54, 1.807) is 5.57 Å². The van der Waals surface area contributed by atoms with E-state index in [1.807, 2.05) is 0 Å². The van der Waals surface area contributed by atoms with Crippen LogP contribution in [0.4, 0.5) is 0 Å². The van der Waals surface area contributed by atoms with Gasteiger partial charge in [0.2, 0.25) is 0 Å². The molecule has 0 heterocycles. The Bertz CT molecular complexity index is 138. The summed E-state index contributed by atoms with van der Waals surface area (Å²) in [5, 5.41) is 0. The van der Waals surface area contributed by atoms with Gasteiger partial charge in [-0.2, -0.15) is 0 Å². The Labute approximate surface area is 50.9 Å². The van der Waals surface area contributed by atoms with Crippen LogP contribution in [0.2, 0.25) is 0 Å². The van der Waals surface area contributed by atoms with Gasteiger partial charge in [-0.3, -0.25) is 0 Å². The molecule has 0 bridgehead atoms. The third-order valence-corrected chi connectivity index (χ3v) is 1.56. The van der Waals surface area contributed by atoms with Crippen LogP contribution in [-0.4, -0.2) is 0 Å². The van der Waals surface area contributed by atoms with E-state index in [-0.39, 0.29) is 0 Å². The number of hydrogen-bond acceptors (Lipinski definition) is 0. The zero-order chi connectivity index (χ0) is 5.98. The van der Waals surface area contributed by atoms with Crippen LogP contribution in [0.3, 0.4) is 0 Å². The molecule has 0 nitrogen and oxygen atoms in total. The van der Waals surface area contributed by atoms with E-state index in [4.69, 9.17) is 0 Å². The highest BCUT2D eigenvalue weighted by Crippen LogP contribution is 2.19. The maximum atomic E-state index is 2.23. The largest absolute Gasteiger partial charge is 0.0693 e. The highest BCUT2D eigenvalue weighted by Gasteiger charge is 1.99. The Kier molecular flexibility index (Phi) is 1.52. The van der Waals surface area contributed by atoms with E-state index >= 15 is 0 Å². The smallest absolute Gasteiger partial charge is 0.0105 e. The molecule has 0 spiro atoms. The third kappa shape index (κ3) is 1.00. The van der Waals surface area contributed by atoms with Crippen molar-refractivity contribution in [3.8, 4) is 0 Å². The summed E-state index contributed by atoms with van der Waals surface area (Å²) in [6, 6.07) is 0. The SMILES string of the molecule is CCC1=CC=C(C)C1. The molecule has 1 aliphatic rings. The topological polar surface area (TPSA) is 0 Å². The van der Waals surface area contributed by atoms with E-state index in [1.165, 1.54) is 18.4 Å². The van der Waals surface area contributed by atoms with Gasteiger partial charge in [-0.05, 0) is 19.8 Å². The Morgan fingerprint density at radius 3 is 2.50 bits per heavy atom. The molecule has 0 unspecified atom stereocenters. The summed E-state index contributed by atoms with van der Waals surface area (Å²) in [6.07, 6.45) is 6.87. The third-order valence-electron chi connectivity index (χ3n) is 1.56. The summed E-state index contributed by atoms with van der Waals surface area (Å²) in [5.74, 6) is 0. The highest BCUT2D eigenvalue weighted by atomic mass is 14.1. The van der Waals surface area contributed by atoms with Crippen LogP contribution in [0, 0.1) is 0 Å². The minimum absolute atomic E-state index is 1.22. The van der Waals surface area contributed by atoms with Gasteiger partial charge in [-0.1, -0.05) is 30.2 Å². The van der Waals surface area contributed by atoms with Crippen molar-refractivity contribution in [3.05, 3.63) is 23.3 Å². The molecular formula is C8H12. The van der Waals surface area contributed by atoms with Crippen molar-refractivity contribution in [2.24, 2.45) is 0 Å². The normalized spacial score (nSPS) is 18.2. The maximum absolute atomic E-state index is 2.23. The molecular weight excluding hydrogens is 96.1 g/mol. The molecule has 0 aromatic carbocycles. The van der Waals surface area contributed by atoms with Crippen LogP contribution < -0.4 is 0 Å². The van der Waals surface area contributed by atoms with Crippen molar-refractivity contribution in [1.82, 2.24) is 0 Å². The summed E-state index contributed by atoms with van der Waals surface area (Å²) in [7, 11) is 0. The van der Waals surface area contributed by atoms with Crippen LogP contribution >= 0.6 is 0 Å². The zero-order valence-electron chi connectivity index (χ0n) is 5.57. The molecule has 0 atom stereocenters. The fourth-order valence-electron chi connectivity index (χ4n) is 0.979. The second-order valence-electron chi connectivity index (χ2n) is 2.37. The molecule has 0 fully saturated rings. The molecule has 1 rings (SSSR count). The van der Waals surface area contributed by atoms with Gasteiger partial charge in [-0.15, -0.1) is 0 Å². The highest BCUT2D eigenvalue weighted by molar-refractivity contribution is 5.28. The number of rotatable bonds is 1. The lowest BCUT2D eigenvalue weighted by molar-refractivity contribution is 1.02. The van der Waals surface area contributed by atoms with E-state index in [0.717, 1.165) is 0 Å². The number of hydrogen-bond donors (Lipinski definition) is 0. The van der Waals surface area contributed by atoms with Gasteiger partial charge in [0.05, 0.1) is 0 Å². The average molecular weight is 108 g/mol. The van der Waals surface area contributed by atoms with Crippen molar-refractivity contribution in [2.75, 3.05) is 0 Å². The van der Waals surface area contributed by atoms with E-state index in [0.29, 0.717) is 0 Å². The van der Waals surface area contributed by atoms with Gasteiger partial charge in [0.15, 0.2) is 0 Å². The van der Waals surface area contributed by atoms with Crippen molar-refractivity contribution >= 4 is 0 Å². The Hall–Kier alpha value is -0.520. The van der Waals surface area contributed by atoms with Gasteiger partial charge < -0.3 is 0 Å². The first-order valence-corrected chi connectivity index (χ1v) is 3.18. The molecule has 0 aromatic heterocycles. The monoisotopic (exact) mass is 108 g/mol. The Morgan fingerprint density at radius 1 is 1.50 bits per heavy atom. The summed E-state index contributed by atoms with van der Waals surface area (Å²) in [4.78, 5) is 0. The first-order chi connectivity index (χ1) is 3.83. The average Bonchev–Trinajstić information content (AvgIpc) is 2.14. The minimum Gasteiger partial charge on any atom is -0.0693 e. The molecule has 0 saturated heterocycles. The standard InChI is InChI=1S/C8H12/c1-3-8-5-4-7(2)6-8/h4-5H,3,6H2,1-2H3. The molecule has 0 N–H and O–H groups in total. The lowest BCUT2D eigenvalue weighted by atomic mass is 10.1.